The third-order valence-corrected chi connectivity index (χ3v) is 3.47. The summed E-state index contributed by atoms with van der Waals surface area (Å²) in [5.41, 5.74) is 1.24. The molecule has 2 unspecified atom stereocenters. The van der Waals surface area contributed by atoms with Gasteiger partial charge in [0.25, 0.3) is 5.91 Å². The van der Waals surface area contributed by atoms with Gasteiger partial charge in [-0.15, -0.1) is 0 Å². The second-order valence-corrected chi connectivity index (χ2v) is 4.66. The van der Waals surface area contributed by atoms with Crippen molar-refractivity contribution >= 4 is 17.5 Å². The summed E-state index contributed by atoms with van der Waals surface area (Å²) in [6, 6.07) is 5.24. The summed E-state index contributed by atoms with van der Waals surface area (Å²) in [5, 5.41) is 19.2. The minimum atomic E-state index is -0.873. The van der Waals surface area contributed by atoms with Crippen LogP contribution in [-0.2, 0) is 0 Å². The van der Waals surface area contributed by atoms with Crippen molar-refractivity contribution in [2.24, 2.45) is 0 Å². The number of hydrogen-bond donors (Lipinski definition) is 2. The highest BCUT2D eigenvalue weighted by Crippen LogP contribution is 2.23. The SMILES string of the molecule is Cc1cccc(C(=O)N2CC(O)C(O)C2)c1Cl. The standard InChI is InChI=1S/C12H14ClNO3/c1-7-3-2-4-8(11(7)13)12(17)14-5-9(15)10(16)6-14/h2-4,9-10,15-16H,5-6H2,1H3. The smallest absolute Gasteiger partial charge is 0.255 e. The first-order chi connectivity index (χ1) is 8.00. The van der Waals surface area contributed by atoms with Gasteiger partial charge in [-0.1, -0.05) is 23.7 Å². The van der Waals surface area contributed by atoms with Crippen LogP contribution < -0.4 is 0 Å². The number of halogens is 1. The Hall–Kier alpha value is -1.10. The molecule has 0 spiro atoms. The van der Waals surface area contributed by atoms with Gasteiger partial charge in [-0.05, 0) is 18.6 Å². The van der Waals surface area contributed by atoms with Crippen molar-refractivity contribution in [3.05, 3.63) is 34.3 Å². The van der Waals surface area contributed by atoms with Crippen molar-refractivity contribution in [1.82, 2.24) is 4.90 Å². The summed E-state index contributed by atoms with van der Waals surface area (Å²) >= 11 is 6.07. The molecule has 2 N–H and O–H groups in total. The van der Waals surface area contributed by atoms with Crippen LogP contribution in [0.5, 0.6) is 0 Å². The first kappa shape index (κ1) is 12.4. The van der Waals surface area contributed by atoms with E-state index in [1.165, 1.54) is 4.90 Å². The number of carbonyl (C=O) groups excluding carboxylic acids is 1. The van der Waals surface area contributed by atoms with Crippen LogP contribution >= 0.6 is 11.6 Å². The van der Waals surface area contributed by atoms with Crippen molar-refractivity contribution in [3.8, 4) is 0 Å². The Morgan fingerprint density at radius 2 is 1.94 bits per heavy atom. The third-order valence-electron chi connectivity index (χ3n) is 2.97. The summed E-state index contributed by atoms with van der Waals surface area (Å²) < 4.78 is 0. The average molecular weight is 256 g/mol. The Morgan fingerprint density at radius 1 is 1.35 bits per heavy atom. The number of likely N-dealkylation sites (tertiary alicyclic amines) is 1. The molecule has 0 radical (unpaired) electrons. The predicted molar refractivity (Wildman–Crippen MR) is 64.1 cm³/mol. The predicted octanol–water partition coefficient (Wildman–Crippen LogP) is 0.826. The topological polar surface area (TPSA) is 60.8 Å². The normalized spacial score (nSPS) is 24.1. The van der Waals surface area contributed by atoms with E-state index in [1.807, 2.05) is 13.0 Å². The number of β-amino-alcohol motifs (C(OH)–C–C–N with tert-alkyl or cyclic N) is 2. The lowest BCUT2D eigenvalue weighted by Gasteiger charge is -2.16. The second kappa shape index (κ2) is 4.64. The average Bonchev–Trinajstić information content (AvgIpc) is 2.62. The van der Waals surface area contributed by atoms with E-state index in [0.29, 0.717) is 10.6 Å². The van der Waals surface area contributed by atoms with E-state index in [0.717, 1.165) is 5.56 Å². The van der Waals surface area contributed by atoms with Crippen molar-refractivity contribution in [2.75, 3.05) is 13.1 Å². The van der Waals surface area contributed by atoms with Gasteiger partial charge in [-0.25, -0.2) is 0 Å². The summed E-state index contributed by atoms with van der Waals surface area (Å²) in [6.45, 7) is 2.11. The molecule has 1 aromatic rings. The Kier molecular flexibility index (Phi) is 3.38. The fourth-order valence-electron chi connectivity index (χ4n) is 1.92. The van der Waals surface area contributed by atoms with Crippen LogP contribution in [-0.4, -0.2) is 46.3 Å². The fraction of sp³-hybridized carbons (Fsp3) is 0.417. The van der Waals surface area contributed by atoms with Crippen LogP contribution in [0.4, 0.5) is 0 Å². The molecule has 92 valence electrons. The molecule has 4 nitrogen and oxygen atoms in total. The number of rotatable bonds is 1. The monoisotopic (exact) mass is 255 g/mol. The van der Waals surface area contributed by atoms with Gasteiger partial charge in [0, 0.05) is 13.1 Å². The van der Waals surface area contributed by atoms with Gasteiger partial charge in [0.15, 0.2) is 0 Å². The molecular formula is C12H14ClNO3. The van der Waals surface area contributed by atoms with Gasteiger partial charge in [-0.2, -0.15) is 0 Å². The maximum absolute atomic E-state index is 12.1. The van der Waals surface area contributed by atoms with E-state index in [-0.39, 0.29) is 19.0 Å². The van der Waals surface area contributed by atoms with E-state index in [1.54, 1.807) is 12.1 Å². The van der Waals surface area contributed by atoms with E-state index < -0.39 is 12.2 Å². The molecule has 1 heterocycles. The lowest BCUT2D eigenvalue weighted by molar-refractivity contribution is 0.0572. The Balaban J connectivity index is 2.24. The summed E-state index contributed by atoms with van der Waals surface area (Å²) in [4.78, 5) is 13.5. The van der Waals surface area contributed by atoms with E-state index >= 15 is 0 Å². The molecule has 1 aliphatic rings. The zero-order valence-electron chi connectivity index (χ0n) is 9.43. The number of carbonyl (C=O) groups is 1. The van der Waals surface area contributed by atoms with Crippen molar-refractivity contribution in [3.63, 3.8) is 0 Å². The van der Waals surface area contributed by atoms with Crippen LogP contribution in [0.3, 0.4) is 0 Å². The minimum Gasteiger partial charge on any atom is -0.388 e. The second-order valence-electron chi connectivity index (χ2n) is 4.28. The van der Waals surface area contributed by atoms with Crippen molar-refractivity contribution in [2.45, 2.75) is 19.1 Å². The van der Waals surface area contributed by atoms with E-state index in [2.05, 4.69) is 0 Å². The first-order valence-corrected chi connectivity index (χ1v) is 5.79. The van der Waals surface area contributed by atoms with Crippen LogP contribution in [0.2, 0.25) is 5.02 Å². The first-order valence-electron chi connectivity index (χ1n) is 5.41. The van der Waals surface area contributed by atoms with Gasteiger partial charge in [0.1, 0.15) is 0 Å². The molecule has 1 aliphatic heterocycles. The molecule has 0 bridgehead atoms. The number of aliphatic hydroxyl groups is 2. The Bertz CT molecular complexity index is 439. The van der Waals surface area contributed by atoms with Crippen LogP contribution in [0, 0.1) is 6.92 Å². The highest BCUT2D eigenvalue weighted by molar-refractivity contribution is 6.34. The number of aliphatic hydroxyl groups excluding tert-OH is 2. The number of benzene rings is 1. The number of nitrogens with zero attached hydrogens (tertiary/aromatic N) is 1. The Labute approximate surface area is 104 Å². The van der Waals surface area contributed by atoms with Crippen molar-refractivity contribution in [1.29, 1.82) is 0 Å². The van der Waals surface area contributed by atoms with E-state index in [4.69, 9.17) is 11.6 Å². The van der Waals surface area contributed by atoms with Gasteiger partial charge in [0.05, 0.1) is 22.8 Å². The molecule has 0 aromatic heterocycles. The van der Waals surface area contributed by atoms with Gasteiger partial charge < -0.3 is 15.1 Å². The van der Waals surface area contributed by atoms with Crippen LogP contribution in [0.1, 0.15) is 15.9 Å². The molecule has 1 aromatic carbocycles. The quantitative estimate of drug-likeness (QED) is 0.781. The largest absolute Gasteiger partial charge is 0.388 e. The summed E-state index contributed by atoms with van der Waals surface area (Å²) in [7, 11) is 0. The summed E-state index contributed by atoms with van der Waals surface area (Å²) in [5.74, 6) is -0.255. The summed E-state index contributed by atoms with van der Waals surface area (Å²) in [6.07, 6.45) is -1.75. The molecule has 1 fully saturated rings. The highest BCUT2D eigenvalue weighted by Gasteiger charge is 2.33. The number of hydrogen-bond acceptors (Lipinski definition) is 3. The zero-order valence-corrected chi connectivity index (χ0v) is 10.2. The van der Waals surface area contributed by atoms with E-state index in [9.17, 15) is 15.0 Å². The van der Waals surface area contributed by atoms with Gasteiger partial charge in [0.2, 0.25) is 0 Å². The van der Waals surface area contributed by atoms with Crippen LogP contribution in [0.15, 0.2) is 18.2 Å². The van der Waals surface area contributed by atoms with Crippen molar-refractivity contribution < 1.29 is 15.0 Å². The highest BCUT2D eigenvalue weighted by atomic mass is 35.5. The molecule has 2 atom stereocenters. The molecule has 5 heteroatoms. The van der Waals surface area contributed by atoms with Gasteiger partial charge >= 0.3 is 0 Å². The maximum Gasteiger partial charge on any atom is 0.255 e. The zero-order chi connectivity index (χ0) is 12.6. The third kappa shape index (κ3) is 2.29. The molecule has 1 saturated heterocycles. The van der Waals surface area contributed by atoms with Gasteiger partial charge in [-0.3, -0.25) is 4.79 Å². The molecule has 2 rings (SSSR count). The molecule has 0 aliphatic carbocycles. The fourth-order valence-corrected chi connectivity index (χ4v) is 2.13. The molecular weight excluding hydrogens is 242 g/mol. The lowest BCUT2D eigenvalue weighted by Crippen LogP contribution is -2.30. The number of amides is 1. The van der Waals surface area contributed by atoms with Crippen LogP contribution in [0.25, 0.3) is 0 Å². The maximum atomic E-state index is 12.1. The molecule has 0 saturated carbocycles. The molecule has 17 heavy (non-hydrogen) atoms. The number of aryl methyl sites for hydroxylation is 1. The molecule has 1 amide bonds. The lowest BCUT2D eigenvalue weighted by atomic mass is 10.1. The minimum absolute atomic E-state index is 0.143. The Morgan fingerprint density at radius 3 is 2.53 bits per heavy atom.